The quantitative estimate of drug-likeness (QED) is 0.710. The van der Waals surface area contributed by atoms with Gasteiger partial charge in [0.1, 0.15) is 6.04 Å². The lowest BCUT2D eigenvalue weighted by atomic mass is 10.1. The van der Waals surface area contributed by atoms with E-state index in [-0.39, 0.29) is 6.10 Å². The highest BCUT2D eigenvalue weighted by molar-refractivity contribution is 5.79. The minimum atomic E-state index is -1.02. The largest absolute Gasteiger partial charge is 0.480 e. The molecule has 1 atom stereocenters. The van der Waals surface area contributed by atoms with Crippen molar-refractivity contribution < 1.29 is 19.4 Å². The first-order chi connectivity index (χ1) is 6.97. The van der Waals surface area contributed by atoms with E-state index in [9.17, 15) is 9.59 Å². The number of rotatable bonds is 6. The van der Waals surface area contributed by atoms with Crippen molar-refractivity contribution in [2.45, 2.75) is 52.2 Å². The molecule has 0 aliphatic rings. The maximum atomic E-state index is 11.1. The van der Waals surface area contributed by atoms with E-state index in [1.165, 1.54) is 0 Å². The molecule has 0 aromatic rings. The van der Waals surface area contributed by atoms with E-state index in [4.69, 9.17) is 9.84 Å². The van der Waals surface area contributed by atoms with Crippen LogP contribution in [0.5, 0.6) is 0 Å². The van der Waals surface area contributed by atoms with Gasteiger partial charge in [-0.1, -0.05) is 19.8 Å². The van der Waals surface area contributed by atoms with Gasteiger partial charge >= 0.3 is 12.1 Å². The molecule has 5 nitrogen and oxygen atoms in total. The Bertz CT molecular complexity index is 215. The van der Waals surface area contributed by atoms with Crippen LogP contribution < -0.4 is 5.32 Å². The lowest BCUT2D eigenvalue weighted by Crippen LogP contribution is -2.41. The second-order valence-corrected chi connectivity index (χ2v) is 3.63. The third kappa shape index (κ3) is 6.76. The maximum Gasteiger partial charge on any atom is 0.408 e. The van der Waals surface area contributed by atoms with Gasteiger partial charge in [0.2, 0.25) is 0 Å². The molecule has 5 heteroatoms. The lowest BCUT2D eigenvalue weighted by Gasteiger charge is -2.15. The normalized spacial score (nSPS) is 12.3. The number of carboxylic acids is 1. The summed E-state index contributed by atoms with van der Waals surface area (Å²) in [5.41, 5.74) is 0. The fourth-order valence-electron chi connectivity index (χ4n) is 1.06. The molecule has 0 saturated carbocycles. The summed E-state index contributed by atoms with van der Waals surface area (Å²) in [6, 6.07) is -0.851. The summed E-state index contributed by atoms with van der Waals surface area (Å²) in [5, 5.41) is 11.1. The van der Waals surface area contributed by atoms with Gasteiger partial charge in [0.05, 0.1) is 6.10 Å². The van der Waals surface area contributed by atoms with Gasteiger partial charge in [0, 0.05) is 0 Å². The summed E-state index contributed by atoms with van der Waals surface area (Å²) in [4.78, 5) is 21.9. The van der Waals surface area contributed by atoms with Crippen LogP contribution in [0.4, 0.5) is 4.79 Å². The predicted molar refractivity (Wildman–Crippen MR) is 55.7 cm³/mol. The molecule has 15 heavy (non-hydrogen) atoms. The van der Waals surface area contributed by atoms with Gasteiger partial charge in [-0.15, -0.1) is 0 Å². The third-order valence-electron chi connectivity index (χ3n) is 1.78. The summed E-state index contributed by atoms with van der Waals surface area (Å²) in [6.07, 6.45) is 1.17. The number of carbonyl (C=O) groups excluding carboxylic acids is 1. The van der Waals surface area contributed by atoms with E-state index in [0.717, 1.165) is 12.8 Å². The zero-order chi connectivity index (χ0) is 11.8. The molecule has 0 aliphatic heterocycles. The molecule has 0 spiro atoms. The minimum absolute atomic E-state index is 0.245. The average molecular weight is 217 g/mol. The number of carboxylic acid groups (broad SMARTS) is 1. The van der Waals surface area contributed by atoms with Gasteiger partial charge in [0.15, 0.2) is 0 Å². The lowest BCUT2D eigenvalue weighted by molar-refractivity contribution is -0.139. The molecule has 0 saturated heterocycles. The first-order valence-corrected chi connectivity index (χ1v) is 5.17. The Morgan fingerprint density at radius 1 is 1.40 bits per heavy atom. The number of alkyl carbamates (subject to hydrolysis) is 1. The van der Waals surface area contributed by atoms with Gasteiger partial charge in [-0.2, -0.15) is 0 Å². The Morgan fingerprint density at radius 2 is 2.00 bits per heavy atom. The Hall–Kier alpha value is -1.26. The van der Waals surface area contributed by atoms with Crippen LogP contribution in [-0.2, 0) is 9.53 Å². The standard InChI is InChI=1S/C10H19NO4/c1-4-5-6-8(9(12)13)11-10(14)15-7(2)3/h7-8H,4-6H2,1-3H3,(H,11,14)(H,12,13)/t8-/m0/s1. The van der Waals surface area contributed by atoms with Gasteiger partial charge in [-0.3, -0.25) is 0 Å². The van der Waals surface area contributed by atoms with E-state index in [1.54, 1.807) is 13.8 Å². The molecule has 0 rings (SSSR count). The Kier molecular flexibility index (Phi) is 6.49. The molecule has 0 aromatic heterocycles. The number of amides is 1. The van der Waals surface area contributed by atoms with E-state index in [2.05, 4.69) is 5.32 Å². The van der Waals surface area contributed by atoms with Crippen molar-refractivity contribution in [3.05, 3.63) is 0 Å². The van der Waals surface area contributed by atoms with Crippen LogP contribution in [0, 0.1) is 0 Å². The number of ether oxygens (including phenoxy) is 1. The first-order valence-electron chi connectivity index (χ1n) is 5.17. The molecule has 0 aromatic carbocycles. The highest BCUT2D eigenvalue weighted by atomic mass is 16.6. The number of hydrogen-bond acceptors (Lipinski definition) is 3. The van der Waals surface area contributed by atoms with Crippen molar-refractivity contribution in [2.24, 2.45) is 0 Å². The number of carbonyl (C=O) groups is 2. The van der Waals surface area contributed by atoms with Crippen molar-refractivity contribution in [3.63, 3.8) is 0 Å². The number of aliphatic carboxylic acids is 1. The molecule has 0 unspecified atom stereocenters. The number of unbranched alkanes of at least 4 members (excludes halogenated alkanes) is 1. The molecule has 0 bridgehead atoms. The van der Waals surface area contributed by atoms with Crippen LogP contribution in [0.25, 0.3) is 0 Å². The maximum absolute atomic E-state index is 11.1. The van der Waals surface area contributed by atoms with Gasteiger partial charge in [-0.05, 0) is 20.3 Å². The zero-order valence-corrected chi connectivity index (χ0v) is 9.45. The second kappa shape index (κ2) is 7.09. The highest BCUT2D eigenvalue weighted by Gasteiger charge is 2.20. The summed E-state index contributed by atoms with van der Waals surface area (Å²) >= 11 is 0. The van der Waals surface area contributed by atoms with Crippen molar-refractivity contribution >= 4 is 12.1 Å². The predicted octanol–water partition coefficient (Wildman–Crippen LogP) is 1.76. The fourth-order valence-corrected chi connectivity index (χ4v) is 1.06. The van der Waals surface area contributed by atoms with Crippen LogP contribution in [0.3, 0.4) is 0 Å². The molecular weight excluding hydrogens is 198 g/mol. The van der Waals surface area contributed by atoms with Crippen LogP contribution >= 0.6 is 0 Å². The zero-order valence-electron chi connectivity index (χ0n) is 9.45. The summed E-state index contributed by atoms with van der Waals surface area (Å²) in [6.45, 7) is 5.38. The Labute approximate surface area is 89.8 Å². The third-order valence-corrected chi connectivity index (χ3v) is 1.78. The highest BCUT2D eigenvalue weighted by Crippen LogP contribution is 2.01. The van der Waals surface area contributed by atoms with Crippen LogP contribution in [0.2, 0.25) is 0 Å². The fraction of sp³-hybridized carbons (Fsp3) is 0.800. The summed E-state index contributed by atoms with van der Waals surface area (Å²) < 4.78 is 4.80. The van der Waals surface area contributed by atoms with Crippen molar-refractivity contribution in [1.29, 1.82) is 0 Å². The molecule has 0 fully saturated rings. The van der Waals surface area contributed by atoms with E-state index >= 15 is 0 Å². The summed E-state index contributed by atoms with van der Waals surface area (Å²) in [7, 11) is 0. The Morgan fingerprint density at radius 3 is 2.40 bits per heavy atom. The van der Waals surface area contributed by atoms with Crippen molar-refractivity contribution in [3.8, 4) is 0 Å². The van der Waals surface area contributed by atoms with Gasteiger partial charge in [-0.25, -0.2) is 9.59 Å². The van der Waals surface area contributed by atoms with Crippen LogP contribution in [-0.4, -0.2) is 29.3 Å². The summed E-state index contributed by atoms with van der Waals surface area (Å²) in [5.74, 6) is -1.02. The molecule has 0 heterocycles. The van der Waals surface area contributed by atoms with E-state index < -0.39 is 18.1 Å². The topological polar surface area (TPSA) is 75.6 Å². The van der Waals surface area contributed by atoms with Crippen LogP contribution in [0.15, 0.2) is 0 Å². The molecular formula is C10H19NO4. The molecule has 88 valence electrons. The Balaban J connectivity index is 4.04. The average Bonchev–Trinajstić information content (AvgIpc) is 2.10. The molecule has 0 aliphatic carbocycles. The van der Waals surface area contributed by atoms with E-state index in [1.807, 2.05) is 6.92 Å². The smallest absolute Gasteiger partial charge is 0.408 e. The molecule has 0 radical (unpaired) electrons. The van der Waals surface area contributed by atoms with Crippen LogP contribution in [0.1, 0.15) is 40.0 Å². The molecule has 2 N–H and O–H groups in total. The number of nitrogens with one attached hydrogen (secondary N) is 1. The monoisotopic (exact) mass is 217 g/mol. The minimum Gasteiger partial charge on any atom is -0.480 e. The SMILES string of the molecule is CCCC[C@H](NC(=O)OC(C)C)C(=O)O. The van der Waals surface area contributed by atoms with Crippen molar-refractivity contribution in [1.82, 2.24) is 5.32 Å². The van der Waals surface area contributed by atoms with E-state index in [0.29, 0.717) is 6.42 Å². The number of hydrogen-bond donors (Lipinski definition) is 2. The molecule has 1 amide bonds. The van der Waals surface area contributed by atoms with Gasteiger partial charge in [0.25, 0.3) is 0 Å². The van der Waals surface area contributed by atoms with Gasteiger partial charge < -0.3 is 15.2 Å². The van der Waals surface area contributed by atoms with Crippen molar-refractivity contribution in [2.75, 3.05) is 0 Å². The first kappa shape index (κ1) is 13.7. The second-order valence-electron chi connectivity index (χ2n) is 3.63.